The van der Waals surface area contributed by atoms with E-state index in [-0.39, 0.29) is 0 Å². The third kappa shape index (κ3) is 2.89. The van der Waals surface area contributed by atoms with Crippen molar-refractivity contribution in [2.45, 2.75) is 58.5 Å². The quantitative estimate of drug-likeness (QED) is 0.889. The molecule has 1 heterocycles. The van der Waals surface area contributed by atoms with E-state index < -0.39 is 0 Å². The molecule has 1 saturated carbocycles. The lowest BCUT2D eigenvalue weighted by molar-refractivity contribution is 0.376. The molecule has 1 aliphatic carbocycles. The lowest BCUT2D eigenvalue weighted by Gasteiger charge is -2.20. The van der Waals surface area contributed by atoms with E-state index in [2.05, 4.69) is 24.3 Å². The van der Waals surface area contributed by atoms with Crippen LogP contribution in [0.5, 0.6) is 0 Å². The van der Waals surface area contributed by atoms with E-state index in [4.69, 9.17) is 11.6 Å². The molecule has 1 aromatic rings. The number of hydrogen-bond acceptors (Lipinski definition) is 2. The summed E-state index contributed by atoms with van der Waals surface area (Å²) in [6, 6.07) is 0.573. The first kappa shape index (κ1) is 13.9. The van der Waals surface area contributed by atoms with Crippen LogP contribution in [0.15, 0.2) is 0 Å². The van der Waals surface area contributed by atoms with Gasteiger partial charge >= 0.3 is 0 Å². The zero-order valence-corrected chi connectivity index (χ0v) is 12.4. The highest BCUT2D eigenvalue weighted by atomic mass is 35.5. The molecule has 1 N–H and O–H groups in total. The average molecular weight is 270 g/mol. The molecule has 2 rings (SSSR count). The van der Waals surface area contributed by atoms with E-state index >= 15 is 0 Å². The minimum Gasteiger partial charge on any atom is -0.308 e. The zero-order chi connectivity index (χ0) is 13.1. The maximum Gasteiger partial charge on any atom is 0.0863 e. The van der Waals surface area contributed by atoms with E-state index in [0.717, 1.165) is 35.3 Å². The van der Waals surface area contributed by atoms with Gasteiger partial charge in [-0.3, -0.25) is 4.68 Å². The second-order valence-corrected chi connectivity index (χ2v) is 5.78. The molecule has 102 valence electrons. The normalized spacial score (nSPS) is 18.4. The van der Waals surface area contributed by atoms with Crippen LogP contribution in [0.1, 0.15) is 50.9 Å². The summed E-state index contributed by atoms with van der Waals surface area (Å²) in [6.45, 7) is 5.20. The van der Waals surface area contributed by atoms with Crippen LogP contribution >= 0.6 is 11.6 Å². The predicted octanol–water partition coefficient (Wildman–Crippen LogP) is 3.30. The Morgan fingerprint density at radius 2 is 2.11 bits per heavy atom. The fourth-order valence-corrected chi connectivity index (χ4v) is 3.25. The molecular weight excluding hydrogens is 246 g/mol. The van der Waals surface area contributed by atoms with Gasteiger partial charge in [-0.2, -0.15) is 5.10 Å². The summed E-state index contributed by atoms with van der Waals surface area (Å²) in [5.41, 5.74) is 2.11. The number of nitrogens with one attached hydrogen (secondary N) is 1. The number of nitrogens with zero attached hydrogens (tertiary/aromatic N) is 2. The smallest absolute Gasteiger partial charge is 0.0863 e. The van der Waals surface area contributed by atoms with Crippen LogP contribution in [0, 0.1) is 5.92 Å². The summed E-state index contributed by atoms with van der Waals surface area (Å²) >= 11 is 6.35. The van der Waals surface area contributed by atoms with E-state index in [9.17, 15) is 0 Å². The molecule has 1 aromatic heterocycles. The summed E-state index contributed by atoms with van der Waals surface area (Å²) in [4.78, 5) is 0. The van der Waals surface area contributed by atoms with Gasteiger partial charge in [0, 0.05) is 19.6 Å². The van der Waals surface area contributed by atoms with Gasteiger partial charge in [0.15, 0.2) is 0 Å². The Morgan fingerprint density at radius 3 is 2.67 bits per heavy atom. The topological polar surface area (TPSA) is 29.9 Å². The Morgan fingerprint density at radius 1 is 1.44 bits per heavy atom. The highest BCUT2D eigenvalue weighted by Gasteiger charge is 2.22. The van der Waals surface area contributed by atoms with Gasteiger partial charge < -0.3 is 5.32 Å². The molecule has 0 saturated heterocycles. The van der Waals surface area contributed by atoms with Crippen LogP contribution in [0.2, 0.25) is 5.02 Å². The molecule has 0 aliphatic heterocycles. The molecule has 1 unspecified atom stereocenters. The minimum absolute atomic E-state index is 0.573. The third-order valence-corrected chi connectivity index (χ3v) is 4.64. The molecule has 0 radical (unpaired) electrons. The van der Waals surface area contributed by atoms with Crippen molar-refractivity contribution in [1.29, 1.82) is 0 Å². The van der Waals surface area contributed by atoms with Gasteiger partial charge in [-0.25, -0.2) is 0 Å². The Bertz CT molecular complexity index is 394. The first-order valence-electron chi connectivity index (χ1n) is 7.07. The van der Waals surface area contributed by atoms with E-state index in [0.29, 0.717) is 6.04 Å². The van der Waals surface area contributed by atoms with Gasteiger partial charge in [-0.1, -0.05) is 31.4 Å². The third-order valence-electron chi connectivity index (χ3n) is 4.20. The largest absolute Gasteiger partial charge is 0.308 e. The lowest BCUT2D eigenvalue weighted by Crippen LogP contribution is -2.32. The minimum atomic E-state index is 0.573. The molecule has 4 heteroatoms. The molecular formula is C14H24ClN3. The monoisotopic (exact) mass is 269 g/mol. The second kappa shape index (κ2) is 6.07. The van der Waals surface area contributed by atoms with Gasteiger partial charge in [-0.15, -0.1) is 0 Å². The summed E-state index contributed by atoms with van der Waals surface area (Å²) in [5, 5.41) is 8.90. The SMILES string of the molecule is CCc1nn(C)c(CNC(C)C2CCCC2)c1Cl. The molecule has 1 fully saturated rings. The van der Waals surface area contributed by atoms with Gasteiger partial charge in [-0.05, 0) is 32.1 Å². The van der Waals surface area contributed by atoms with Gasteiger partial charge in [0.25, 0.3) is 0 Å². The van der Waals surface area contributed by atoms with Crippen LogP contribution < -0.4 is 5.32 Å². The fraction of sp³-hybridized carbons (Fsp3) is 0.786. The first-order chi connectivity index (χ1) is 8.63. The summed E-state index contributed by atoms with van der Waals surface area (Å²) in [6.07, 6.45) is 6.41. The molecule has 0 aromatic carbocycles. The van der Waals surface area contributed by atoms with Crippen molar-refractivity contribution in [2.24, 2.45) is 13.0 Å². The predicted molar refractivity (Wildman–Crippen MR) is 75.9 cm³/mol. The lowest BCUT2D eigenvalue weighted by atomic mass is 10.00. The number of hydrogen-bond donors (Lipinski definition) is 1. The number of aryl methyl sites for hydroxylation is 2. The van der Waals surface area contributed by atoms with Crippen molar-refractivity contribution in [2.75, 3.05) is 0 Å². The zero-order valence-electron chi connectivity index (χ0n) is 11.7. The van der Waals surface area contributed by atoms with Crippen molar-refractivity contribution >= 4 is 11.6 Å². The van der Waals surface area contributed by atoms with Gasteiger partial charge in [0.1, 0.15) is 0 Å². The van der Waals surface area contributed by atoms with Crippen LogP contribution in [0.25, 0.3) is 0 Å². The Kier molecular flexibility index (Phi) is 4.68. The fourth-order valence-electron chi connectivity index (χ4n) is 2.89. The highest BCUT2D eigenvalue weighted by Crippen LogP contribution is 2.28. The number of halogens is 1. The van der Waals surface area contributed by atoms with Crippen LogP contribution in [0.4, 0.5) is 0 Å². The van der Waals surface area contributed by atoms with Gasteiger partial charge in [0.05, 0.1) is 16.4 Å². The molecule has 0 amide bonds. The van der Waals surface area contributed by atoms with E-state index in [1.165, 1.54) is 25.7 Å². The molecule has 1 atom stereocenters. The van der Waals surface area contributed by atoms with Crippen molar-refractivity contribution in [3.05, 3.63) is 16.4 Å². The Hall–Kier alpha value is -0.540. The Labute approximate surface area is 115 Å². The molecule has 1 aliphatic rings. The number of rotatable bonds is 5. The van der Waals surface area contributed by atoms with E-state index in [1.807, 2.05) is 11.7 Å². The second-order valence-electron chi connectivity index (χ2n) is 5.40. The van der Waals surface area contributed by atoms with Gasteiger partial charge in [0.2, 0.25) is 0 Å². The van der Waals surface area contributed by atoms with Crippen LogP contribution in [-0.4, -0.2) is 15.8 Å². The summed E-state index contributed by atoms with van der Waals surface area (Å²) in [7, 11) is 1.97. The molecule has 0 bridgehead atoms. The van der Waals surface area contributed by atoms with Crippen molar-refractivity contribution in [3.63, 3.8) is 0 Å². The van der Waals surface area contributed by atoms with Crippen molar-refractivity contribution < 1.29 is 0 Å². The summed E-state index contributed by atoms with van der Waals surface area (Å²) < 4.78 is 1.91. The maximum atomic E-state index is 6.35. The Balaban J connectivity index is 1.95. The maximum absolute atomic E-state index is 6.35. The molecule has 3 nitrogen and oxygen atoms in total. The summed E-state index contributed by atoms with van der Waals surface area (Å²) in [5.74, 6) is 0.836. The highest BCUT2D eigenvalue weighted by molar-refractivity contribution is 6.31. The molecule has 18 heavy (non-hydrogen) atoms. The van der Waals surface area contributed by atoms with Crippen LogP contribution in [-0.2, 0) is 20.0 Å². The van der Waals surface area contributed by atoms with Crippen LogP contribution in [0.3, 0.4) is 0 Å². The van der Waals surface area contributed by atoms with Crippen molar-refractivity contribution in [3.8, 4) is 0 Å². The van der Waals surface area contributed by atoms with E-state index in [1.54, 1.807) is 0 Å². The van der Waals surface area contributed by atoms with Crippen molar-refractivity contribution in [1.82, 2.24) is 15.1 Å². The first-order valence-corrected chi connectivity index (χ1v) is 7.44. The average Bonchev–Trinajstić information content (AvgIpc) is 2.96. The number of aromatic nitrogens is 2. The molecule has 0 spiro atoms. The standard InChI is InChI=1S/C14H24ClN3/c1-4-12-14(15)13(18(3)17-12)9-16-10(2)11-7-5-6-8-11/h10-11,16H,4-9H2,1-3H3.